The molecule has 1 amide bonds. The molecule has 2 aromatic rings. The van der Waals surface area contributed by atoms with Crippen LogP contribution in [-0.4, -0.2) is 52.2 Å². The molecule has 1 saturated heterocycles. The number of carbonyl (C=O) groups is 1. The first-order valence-electron chi connectivity index (χ1n) is 9.90. The van der Waals surface area contributed by atoms with Crippen molar-refractivity contribution in [3.05, 3.63) is 41.8 Å². The van der Waals surface area contributed by atoms with E-state index in [1.165, 1.54) is 25.7 Å². The van der Waals surface area contributed by atoms with Crippen LogP contribution in [0.25, 0.3) is 0 Å². The summed E-state index contributed by atoms with van der Waals surface area (Å²) in [6, 6.07) is 5.37. The summed E-state index contributed by atoms with van der Waals surface area (Å²) in [6.45, 7) is 2.75. The molecule has 4 rings (SSSR count). The van der Waals surface area contributed by atoms with Crippen molar-refractivity contribution in [2.24, 2.45) is 5.92 Å². The smallest absolute Gasteiger partial charge is 0.272 e. The van der Waals surface area contributed by atoms with E-state index in [0.29, 0.717) is 43.5 Å². The first-order chi connectivity index (χ1) is 13.3. The van der Waals surface area contributed by atoms with Gasteiger partial charge in [-0.05, 0) is 37.3 Å². The van der Waals surface area contributed by atoms with Crippen LogP contribution in [-0.2, 0) is 11.2 Å². The third-order valence-electron chi connectivity index (χ3n) is 5.49. The highest BCUT2D eigenvalue weighted by atomic mass is 16.5. The Morgan fingerprint density at radius 3 is 2.96 bits per heavy atom. The van der Waals surface area contributed by atoms with Gasteiger partial charge in [0.05, 0.1) is 12.5 Å². The van der Waals surface area contributed by atoms with Crippen LogP contribution in [0.15, 0.2) is 28.9 Å². The van der Waals surface area contributed by atoms with Gasteiger partial charge in [0.25, 0.3) is 5.91 Å². The van der Waals surface area contributed by atoms with Gasteiger partial charge in [0, 0.05) is 32.3 Å². The minimum atomic E-state index is -0.0434. The summed E-state index contributed by atoms with van der Waals surface area (Å²) >= 11 is 0. The number of rotatable bonds is 7. The number of nitrogens with zero attached hydrogens (tertiary/aromatic N) is 4. The average Bonchev–Trinajstić information content (AvgIpc) is 3.47. The molecule has 0 spiro atoms. The highest BCUT2D eigenvalue weighted by Gasteiger charge is 2.31. The van der Waals surface area contributed by atoms with Crippen molar-refractivity contribution in [2.45, 2.75) is 44.4 Å². The number of likely N-dealkylation sites (tertiary alicyclic amines) is 1. The van der Waals surface area contributed by atoms with E-state index in [1.54, 1.807) is 18.3 Å². The molecule has 7 nitrogen and oxygen atoms in total. The molecule has 1 aliphatic carbocycles. The van der Waals surface area contributed by atoms with Crippen LogP contribution in [0.1, 0.15) is 60.2 Å². The summed E-state index contributed by atoms with van der Waals surface area (Å²) in [6.07, 6.45) is 8.40. The molecule has 27 heavy (non-hydrogen) atoms. The first-order valence-corrected chi connectivity index (χ1v) is 9.90. The van der Waals surface area contributed by atoms with Crippen molar-refractivity contribution in [2.75, 3.05) is 26.3 Å². The molecule has 3 heterocycles. The fourth-order valence-electron chi connectivity index (χ4n) is 3.92. The van der Waals surface area contributed by atoms with Crippen molar-refractivity contribution in [3.63, 3.8) is 0 Å². The van der Waals surface area contributed by atoms with E-state index in [1.807, 2.05) is 11.0 Å². The molecule has 2 aromatic heterocycles. The van der Waals surface area contributed by atoms with Gasteiger partial charge >= 0.3 is 0 Å². The lowest BCUT2D eigenvalue weighted by atomic mass is 10.1. The predicted octanol–water partition coefficient (Wildman–Crippen LogP) is 2.84. The summed E-state index contributed by atoms with van der Waals surface area (Å²) < 4.78 is 11.2. The molecular formula is C20H26N4O3. The molecule has 1 saturated carbocycles. The van der Waals surface area contributed by atoms with E-state index in [4.69, 9.17) is 9.26 Å². The zero-order valence-corrected chi connectivity index (χ0v) is 15.5. The van der Waals surface area contributed by atoms with Gasteiger partial charge in [0.1, 0.15) is 5.69 Å². The van der Waals surface area contributed by atoms with E-state index < -0.39 is 0 Å². The monoisotopic (exact) mass is 370 g/mol. The van der Waals surface area contributed by atoms with Crippen LogP contribution in [0.3, 0.4) is 0 Å². The average molecular weight is 370 g/mol. The Bertz CT molecular complexity index is 743. The first kappa shape index (κ1) is 18.1. The highest BCUT2D eigenvalue weighted by molar-refractivity contribution is 5.92. The largest absolute Gasteiger partial charge is 0.381 e. The maximum atomic E-state index is 12.5. The lowest BCUT2D eigenvalue weighted by Gasteiger charge is -2.14. The lowest BCUT2D eigenvalue weighted by molar-refractivity contribution is 0.0784. The Balaban J connectivity index is 1.24. The van der Waals surface area contributed by atoms with Crippen molar-refractivity contribution in [3.8, 4) is 0 Å². The molecule has 0 bridgehead atoms. The highest BCUT2D eigenvalue weighted by Crippen LogP contribution is 2.27. The van der Waals surface area contributed by atoms with E-state index in [-0.39, 0.29) is 11.8 Å². The van der Waals surface area contributed by atoms with Gasteiger partial charge in [-0.2, -0.15) is 4.98 Å². The van der Waals surface area contributed by atoms with Crippen molar-refractivity contribution < 1.29 is 14.1 Å². The summed E-state index contributed by atoms with van der Waals surface area (Å²) in [5.41, 5.74) is 0.476. The number of amides is 1. The fraction of sp³-hybridized carbons (Fsp3) is 0.600. The molecule has 2 aliphatic rings. The fourth-order valence-corrected chi connectivity index (χ4v) is 3.92. The maximum absolute atomic E-state index is 12.5. The van der Waals surface area contributed by atoms with Gasteiger partial charge in [-0.25, -0.2) is 0 Å². The molecule has 1 atom stereocenters. The minimum Gasteiger partial charge on any atom is -0.381 e. The van der Waals surface area contributed by atoms with Crippen LogP contribution in [0.5, 0.6) is 0 Å². The molecule has 2 fully saturated rings. The number of aromatic nitrogens is 3. The molecule has 7 heteroatoms. The van der Waals surface area contributed by atoms with Crippen LogP contribution < -0.4 is 0 Å². The van der Waals surface area contributed by atoms with E-state index in [9.17, 15) is 4.79 Å². The van der Waals surface area contributed by atoms with Crippen molar-refractivity contribution in [1.29, 1.82) is 0 Å². The number of hydrogen-bond acceptors (Lipinski definition) is 6. The van der Waals surface area contributed by atoms with Gasteiger partial charge in [-0.15, -0.1) is 0 Å². The Labute approximate surface area is 159 Å². The summed E-state index contributed by atoms with van der Waals surface area (Å²) in [4.78, 5) is 23.0. The molecule has 0 N–H and O–H groups in total. The molecule has 1 aliphatic heterocycles. The van der Waals surface area contributed by atoms with Gasteiger partial charge in [-0.1, -0.05) is 24.1 Å². The summed E-state index contributed by atoms with van der Waals surface area (Å²) in [7, 11) is 0. The third kappa shape index (κ3) is 4.53. The van der Waals surface area contributed by atoms with Crippen LogP contribution in [0.4, 0.5) is 0 Å². The normalized spacial score (nSPS) is 20.4. The van der Waals surface area contributed by atoms with Crippen molar-refractivity contribution in [1.82, 2.24) is 20.0 Å². The van der Waals surface area contributed by atoms with E-state index in [2.05, 4.69) is 15.1 Å². The zero-order chi connectivity index (χ0) is 18.5. The molecule has 1 unspecified atom stereocenters. The number of pyridine rings is 1. The molecule has 0 aromatic carbocycles. The minimum absolute atomic E-state index is 0.0434. The van der Waals surface area contributed by atoms with Gasteiger partial charge in [-0.3, -0.25) is 9.78 Å². The Morgan fingerprint density at radius 2 is 2.15 bits per heavy atom. The molecule has 144 valence electrons. The van der Waals surface area contributed by atoms with Gasteiger partial charge in [0.2, 0.25) is 5.89 Å². The van der Waals surface area contributed by atoms with Gasteiger partial charge in [0.15, 0.2) is 5.82 Å². The number of hydrogen-bond donors (Lipinski definition) is 0. The quantitative estimate of drug-likeness (QED) is 0.697. The molecule has 0 radical (unpaired) electrons. The lowest BCUT2D eigenvalue weighted by Crippen LogP contribution is -2.29. The Hall–Kier alpha value is -2.28. The third-order valence-corrected chi connectivity index (χ3v) is 5.49. The number of carbonyl (C=O) groups excluding carboxylic acids is 1. The van der Waals surface area contributed by atoms with Gasteiger partial charge < -0.3 is 14.2 Å². The van der Waals surface area contributed by atoms with Crippen LogP contribution in [0.2, 0.25) is 0 Å². The Morgan fingerprint density at radius 1 is 1.26 bits per heavy atom. The topological polar surface area (TPSA) is 81.4 Å². The maximum Gasteiger partial charge on any atom is 0.272 e. The number of ether oxygens (including phenoxy) is 1. The summed E-state index contributed by atoms with van der Waals surface area (Å²) in [5.74, 6) is 2.09. The second kappa shape index (κ2) is 8.61. The van der Waals surface area contributed by atoms with Crippen LogP contribution in [0, 0.1) is 5.92 Å². The van der Waals surface area contributed by atoms with E-state index in [0.717, 1.165) is 18.9 Å². The van der Waals surface area contributed by atoms with Crippen LogP contribution >= 0.6 is 0 Å². The molecular weight excluding hydrogens is 344 g/mol. The Kier molecular flexibility index (Phi) is 5.77. The SMILES string of the molecule is O=C(c1ccccn1)N1CCC(c2nc(CCOCC3CCCC3)no2)C1. The second-order valence-corrected chi connectivity index (χ2v) is 7.48. The van der Waals surface area contributed by atoms with E-state index >= 15 is 0 Å². The van der Waals surface area contributed by atoms with Crippen molar-refractivity contribution >= 4 is 5.91 Å². The predicted molar refractivity (Wildman–Crippen MR) is 98.3 cm³/mol. The standard InChI is InChI=1S/C20H26N4O3/c25-20(17-7-3-4-10-21-17)24-11-8-16(13-24)19-22-18(23-27-19)9-12-26-14-15-5-1-2-6-15/h3-4,7,10,15-16H,1-2,5-6,8-9,11-14H2. The zero-order valence-electron chi connectivity index (χ0n) is 15.5. The second-order valence-electron chi connectivity index (χ2n) is 7.48. The summed E-state index contributed by atoms with van der Waals surface area (Å²) in [5, 5.41) is 4.08.